The third-order valence-corrected chi connectivity index (χ3v) is 3.40. The first-order valence-electron chi connectivity index (χ1n) is 7.44. The molecule has 0 aromatic carbocycles. The molecule has 0 radical (unpaired) electrons. The maximum Gasteiger partial charge on any atom is 0.328 e. The van der Waals surface area contributed by atoms with E-state index >= 15 is 0 Å². The van der Waals surface area contributed by atoms with E-state index in [9.17, 15) is 19.5 Å². The van der Waals surface area contributed by atoms with E-state index in [0.717, 1.165) is 0 Å². The molecule has 6 atom stereocenters. The summed E-state index contributed by atoms with van der Waals surface area (Å²) in [5.41, 5.74) is 16.1. The van der Waals surface area contributed by atoms with E-state index in [1.807, 2.05) is 0 Å². The van der Waals surface area contributed by atoms with Gasteiger partial charge in [0.15, 0.2) is 6.04 Å². The monoisotopic (exact) mass is 364 g/mol. The summed E-state index contributed by atoms with van der Waals surface area (Å²) in [4.78, 5) is 34.2. The fourth-order valence-electron chi connectivity index (χ4n) is 2.08. The Labute approximate surface area is 143 Å². The zero-order valence-corrected chi connectivity index (χ0v) is 13.5. The number of nitrogens with two attached hydrogens (primary N) is 2. The van der Waals surface area contributed by atoms with Gasteiger partial charge in [0, 0.05) is 0 Å². The van der Waals surface area contributed by atoms with Crippen molar-refractivity contribution >= 4 is 17.9 Å². The largest absolute Gasteiger partial charge is 0.480 e. The van der Waals surface area contributed by atoms with Crippen LogP contribution >= 0.6 is 0 Å². The Morgan fingerprint density at radius 3 is 2.32 bits per heavy atom. The molecule has 0 aromatic rings. The van der Waals surface area contributed by atoms with E-state index < -0.39 is 54.6 Å². The zero-order chi connectivity index (χ0) is 19.1. The predicted octanol–water partition coefficient (Wildman–Crippen LogP) is -4.54. The molecule has 0 bridgehead atoms. The Hall–Kier alpha value is -2.03. The van der Waals surface area contributed by atoms with Gasteiger partial charge in [-0.1, -0.05) is 0 Å². The Morgan fingerprint density at radius 2 is 1.84 bits per heavy atom. The molecule has 0 spiro atoms. The van der Waals surface area contributed by atoms with Gasteiger partial charge in [-0.3, -0.25) is 4.79 Å². The molecule has 25 heavy (non-hydrogen) atoms. The van der Waals surface area contributed by atoms with Crippen LogP contribution in [-0.4, -0.2) is 76.5 Å². The number of urea groups is 1. The van der Waals surface area contributed by atoms with Crippen LogP contribution in [0.3, 0.4) is 0 Å². The van der Waals surface area contributed by atoms with Gasteiger partial charge in [-0.05, 0) is 6.92 Å². The standard InChI is InChI=1S/C12H24N6O7/c1-4(20)8(11(22)23)16-12(24)15-6(2-7(14)21)10-18-17-9(25-10)5(13)3-19/h4-6,8-10,17-20H,2-3,13H2,1H3,(H2,14,21)(H,22,23)(H2,15,16,24)/t4?,5-,6-,8-,9?,10?/m0/s1. The third-order valence-electron chi connectivity index (χ3n) is 3.40. The highest BCUT2D eigenvalue weighted by Crippen LogP contribution is 2.10. The number of carbonyl (C=O) groups excluding carboxylic acids is 2. The van der Waals surface area contributed by atoms with Crippen molar-refractivity contribution in [2.75, 3.05) is 6.61 Å². The number of aliphatic hydroxyl groups excluding tert-OH is 2. The highest BCUT2D eigenvalue weighted by atomic mass is 16.6. The van der Waals surface area contributed by atoms with Crippen LogP contribution in [0.15, 0.2) is 0 Å². The molecule has 1 fully saturated rings. The lowest BCUT2D eigenvalue weighted by molar-refractivity contribution is -0.141. The normalized spacial score (nSPS) is 24.8. The van der Waals surface area contributed by atoms with Gasteiger partial charge in [-0.15, -0.1) is 0 Å². The van der Waals surface area contributed by atoms with E-state index in [1.54, 1.807) is 0 Å². The molecule has 13 nitrogen and oxygen atoms in total. The van der Waals surface area contributed by atoms with Crippen LogP contribution in [0.25, 0.3) is 0 Å². The zero-order valence-electron chi connectivity index (χ0n) is 13.5. The number of nitrogens with one attached hydrogen (secondary N) is 4. The first kappa shape index (κ1) is 21.0. The average molecular weight is 364 g/mol. The van der Waals surface area contributed by atoms with Crippen LogP contribution in [0, 0.1) is 0 Å². The minimum atomic E-state index is -1.54. The summed E-state index contributed by atoms with van der Waals surface area (Å²) in [5, 5.41) is 31.7. The Bertz CT molecular complexity index is 491. The number of hydrogen-bond acceptors (Lipinski definition) is 9. The molecule has 1 aliphatic heterocycles. The summed E-state index contributed by atoms with van der Waals surface area (Å²) in [6.07, 6.45) is -3.36. The highest BCUT2D eigenvalue weighted by Gasteiger charge is 2.36. The molecule has 3 unspecified atom stereocenters. The molecule has 0 aromatic heterocycles. The molecule has 1 rings (SSSR count). The number of carboxylic acids is 1. The van der Waals surface area contributed by atoms with E-state index in [-0.39, 0.29) is 13.0 Å². The maximum absolute atomic E-state index is 12.0. The van der Waals surface area contributed by atoms with Gasteiger partial charge < -0.3 is 42.2 Å². The van der Waals surface area contributed by atoms with Crippen LogP contribution < -0.4 is 33.0 Å². The smallest absolute Gasteiger partial charge is 0.328 e. The van der Waals surface area contributed by atoms with Crippen molar-refractivity contribution in [3.63, 3.8) is 0 Å². The molecule has 0 aliphatic carbocycles. The second kappa shape index (κ2) is 9.45. The molecule has 144 valence electrons. The lowest BCUT2D eigenvalue weighted by atomic mass is 10.1. The number of amides is 3. The predicted molar refractivity (Wildman–Crippen MR) is 82.4 cm³/mol. The number of primary amides is 1. The number of ether oxygens (including phenoxy) is 1. The number of aliphatic hydroxyl groups is 2. The van der Waals surface area contributed by atoms with Gasteiger partial charge in [0.05, 0.1) is 31.2 Å². The van der Waals surface area contributed by atoms with Crippen LogP contribution in [0.1, 0.15) is 13.3 Å². The average Bonchev–Trinajstić information content (AvgIpc) is 3.00. The number of carboxylic acid groups (broad SMARTS) is 1. The van der Waals surface area contributed by atoms with E-state index in [1.165, 1.54) is 6.92 Å². The molecule has 1 saturated heterocycles. The van der Waals surface area contributed by atoms with Crippen molar-refractivity contribution in [2.24, 2.45) is 11.5 Å². The van der Waals surface area contributed by atoms with E-state index in [2.05, 4.69) is 21.5 Å². The lowest BCUT2D eigenvalue weighted by Crippen LogP contribution is -2.57. The van der Waals surface area contributed by atoms with Gasteiger partial charge in [-0.2, -0.15) is 0 Å². The Balaban J connectivity index is 2.71. The molecule has 11 N–H and O–H groups in total. The Morgan fingerprint density at radius 1 is 1.24 bits per heavy atom. The van der Waals surface area contributed by atoms with E-state index in [4.69, 9.17) is 26.4 Å². The van der Waals surface area contributed by atoms with E-state index in [0.29, 0.717) is 0 Å². The second-order valence-electron chi connectivity index (χ2n) is 5.56. The Kier molecular flexibility index (Phi) is 7.95. The van der Waals surface area contributed by atoms with Crippen molar-refractivity contribution in [1.29, 1.82) is 0 Å². The second-order valence-corrected chi connectivity index (χ2v) is 5.56. The van der Waals surface area contributed by atoms with Crippen LogP contribution in [0.5, 0.6) is 0 Å². The van der Waals surface area contributed by atoms with Crippen molar-refractivity contribution in [2.45, 2.75) is 50.0 Å². The van der Waals surface area contributed by atoms with Crippen molar-refractivity contribution in [3.05, 3.63) is 0 Å². The highest BCUT2D eigenvalue weighted by molar-refractivity contribution is 5.83. The summed E-state index contributed by atoms with van der Waals surface area (Å²) in [6.45, 7) is 0.835. The fourth-order valence-corrected chi connectivity index (χ4v) is 2.08. The number of hydrazine groups is 1. The maximum atomic E-state index is 12.0. The van der Waals surface area contributed by atoms with Crippen LogP contribution in [0.4, 0.5) is 4.79 Å². The topological polar surface area (TPSA) is 221 Å². The molecule has 3 amide bonds. The van der Waals surface area contributed by atoms with Gasteiger partial charge in [0.2, 0.25) is 5.91 Å². The number of carbonyl (C=O) groups is 3. The summed E-state index contributed by atoms with van der Waals surface area (Å²) in [7, 11) is 0. The lowest BCUT2D eigenvalue weighted by Gasteiger charge is -2.25. The minimum absolute atomic E-state index is 0.319. The molecular formula is C12H24N6O7. The number of rotatable bonds is 9. The minimum Gasteiger partial charge on any atom is -0.480 e. The number of aliphatic carboxylic acids is 1. The first-order chi connectivity index (χ1) is 11.6. The van der Waals surface area contributed by atoms with Crippen molar-refractivity contribution in [3.8, 4) is 0 Å². The van der Waals surface area contributed by atoms with Gasteiger partial charge >= 0.3 is 12.0 Å². The molecular weight excluding hydrogens is 340 g/mol. The fraction of sp³-hybridized carbons (Fsp3) is 0.750. The van der Waals surface area contributed by atoms with Crippen LogP contribution in [0.2, 0.25) is 0 Å². The van der Waals surface area contributed by atoms with Crippen LogP contribution in [-0.2, 0) is 14.3 Å². The third kappa shape index (κ3) is 6.41. The molecule has 13 heteroatoms. The summed E-state index contributed by atoms with van der Waals surface area (Å²) < 4.78 is 5.45. The summed E-state index contributed by atoms with van der Waals surface area (Å²) >= 11 is 0. The SMILES string of the molecule is CC(O)[C@H](NC(=O)N[C@@H](CC(N)=O)C1NNC([C@@H](N)CO)O1)C(=O)O. The molecule has 1 heterocycles. The number of hydrogen-bond donors (Lipinski definition) is 9. The van der Waals surface area contributed by atoms with Crippen molar-refractivity contribution in [1.82, 2.24) is 21.5 Å². The molecule has 0 saturated carbocycles. The quantitative estimate of drug-likeness (QED) is 0.190. The van der Waals surface area contributed by atoms with Crippen molar-refractivity contribution < 1.29 is 34.4 Å². The van der Waals surface area contributed by atoms with Gasteiger partial charge in [0.25, 0.3) is 0 Å². The summed E-state index contributed by atoms with van der Waals surface area (Å²) in [6, 6.07) is -4.21. The first-order valence-corrected chi connectivity index (χ1v) is 7.44. The summed E-state index contributed by atoms with van der Waals surface area (Å²) in [5.74, 6) is -2.17. The van der Waals surface area contributed by atoms with Gasteiger partial charge in [0.1, 0.15) is 12.5 Å². The molecule has 1 aliphatic rings. The van der Waals surface area contributed by atoms with Gasteiger partial charge in [-0.25, -0.2) is 20.4 Å².